The van der Waals surface area contributed by atoms with Gasteiger partial charge in [-0.15, -0.1) is 0 Å². The number of carbonyl (C=O) groups excluding carboxylic acids is 2. The van der Waals surface area contributed by atoms with E-state index in [-0.39, 0.29) is 11.1 Å². The number of carboxylic acid groups (broad SMARTS) is 1. The fourth-order valence-corrected chi connectivity index (χ4v) is 5.12. The van der Waals surface area contributed by atoms with Crippen molar-refractivity contribution in [2.24, 2.45) is 5.92 Å². The van der Waals surface area contributed by atoms with E-state index < -0.39 is 52.4 Å². The summed E-state index contributed by atoms with van der Waals surface area (Å²) < 4.78 is 40.8. The minimum atomic E-state index is -4.20. The number of esters is 2. The molecule has 0 saturated heterocycles. The first-order valence-electron chi connectivity index (χ1n) is 11.7. The fraction of sp³-hybridized carbons (Fsp3) is 0.550. The van der Waals surface area contributed by atoms with Crippen LogP contribution in [0.5, 0.6) is 0 Å². The molecule has 1 aromatic carbocycles. The second-order valence-corrected chi connectivity index (χ2v) is 10.1. The summed E-state index contributed by atoms with van der Waals surface area (Å²) in [5.41, 5.74) is 3.37. The highest BCUT2D eigenvalue weighted by Gasteiger charge is 2.32. The molecule has 2 rings (SSSR count). The highest BCUT2D eigenvalue weighted by Crippen LogP contribution is 2.30. The molecule has 14 heteroatoms. The van der Waals surface area contributed by atoms with Crippen molar-refractivity contribution >= 4 is 64.9 Å². The molecule has 1 saturated carbocycles. The van der Waals surface area contributed by atoms with E-state index in [1.165, 1.54) is 0 Å². The molecule has 0 aliphatic heterocycles. The van der Waals surface area contributed by atoms with E-state index in [0.717, 1.165) is 11.1 Å². The molecular weight excluding hydrogens is 460 g/mol. The van der Waals surface area contributed by atoms with Crippen LogP contribution in [0, 0.1) is 5.92 Å². The maximum Gasteiger partial charge on any atom is 0.339 e. The van der Waals surface area contributed by atoms with Crippen molar-refractivity contribution in [2.75, 3.05) is 12.4 Å². The van der Waals surface area contributed by atoms with Gasteiger partial charge in [0.05, 0.1) is 17.0 Å². The molecule has 1 aromatic rings. The van der Waals surface area contributed by atoms with Gasteiger partial charge in [0, 0.05) is 0 Å². The second-order valence-electron chi connectivity index (χ2n) is 8.51. The van der Waals surface area contributed by atoms with Gasteiger partial charge in [-0.3, -0.25) is 9.35 Å². The van der Waals surface area contributed by atoms with Crippen LogP contribution in [0.3, 0.4) is 0 Å². The number of aromatic carboxylic acids is 1. The van der Waals surface area contributed by atoms with Crippen molar-refractivity contribution in [3.8, 4) is 0 Å². The molecule has 182 valence electrons. The fourth-order valence-electron chi connectivity index (χ4n) is 4.83. The van der Waals surface area contributed by atoms with Crippen LogP contribution in [-0.4, -0.2) is 85.8 Å². The predicted octanol–water partition coefficient (Wildman–Crippen LogP) is -2.81. The summed E-state index contributed by atoms with van der Waals surface area (Å²) in [5.74, 6) is -3.47. The first-order valence-corrected chi connectivity index (χ1v) is 13.3. The van der Waals surface area contributed by atoms with Gasteiger partial charge in [0.15, 0.2) is 0 Å². The van der Waals surface area contributed by atoms with Gasteiger partial charge in [-0.25, -0.2) is 9.59 Å². The van der Waals surface area contributed by atoms with Crippen molar-refractivity contribution in [1.82, 2.24) is 0 Å². The number of carbonyl (C=O) groups is 3. The number of benzene rings is 1. The van der Waals surface area contributed by atoms with Crippen LogP contribution >= 0.6 is 0 Å². The van der Waals surface area contributed by atoms with E-state index in [4.69, 9.17) is 14.0 Å². The van der Waals surface area contributed by atoms with Crippen LogP contribution in [0.4, 0.5) is 0 Å². The van der Waals surface area contributed by atoms with Crippen LogP contribution in [0.15, 0.2) is 0 Å². The first kappa shape index (κ1) is 28.0. The minimum Gasteiger partial charge on any atom is -0.478 e. The SMILES string of the molecule is BCc1c(B)c(C(=O)O)c(C(=O)OC2CCC(C(=O)OCCS(=O)(=O)O)CC2)c(CB)c1CB. The zero-order valence-electron chi connectivity index (χ0n) is 20.2. The topological polar surface area (TPSA) is 144 Å². The normalized spacial score (nSPS) is 18.3. The molecular formula is C20H30B4O9S. The highest BCUT2D eigenvalue weighted by atomic mass is 32.2. The molecule has 0 radical (unpaired) electrons. The van der Waals surface area contributed by atoms with Crippen LogP contribution < -0.4 is 5.46 Å². The Morgan fingerprint density at radius 1 is 0.912 bits per heavy atom. The third kappa shape index (κ3) is 6.69. The summed E-state index contributed by atoms with van der Waals surface area (Å²) in [6, 6.07) is 0. The summed E-state index contributed by atoms with van der Waals surface area (Å²) in [4.78, 5) is 37.5. The number of carboxylic acids is 1. The summed E-state index contributed by atoms with van der Waals surface area (Å²) in [6.07, 6.45) is 2.98. The van der Waals surface area contributed by atoms with Gasteiger partial charge in [0.1, 0.15) is 49.8 Å². The summed E-state index contributed by atoms with van der Waals surface area (Å²) in [5, 5.41) is 9.91. The Bertz CT molecular complexity index is 1050. The number of ether oxygens (including phenoxy) is 2. The third-order valence-corrected chi connectivity index (χ3v) is 7.14. The summed E-state index contributed by atoms with van der Waals surface area (Å²) in [7, 11) is 3.38. The van der Waals surface area contributed by atoms with Gasteiger partial charge >= 0.3 is 17.9 Å². The van der Waals surface area contributed by atoms with E-state index in [2.05, 4.69) is 0 Å². The van der Waals surface area contributed by atoms with E-state index in [1.807, 2.05) is 23.5 Å². The molecule has 0 bridgehead atoms. The Morgan fingerprint density at radius 3 is 1.94 bits per heavy atom. The number of rotatable bonds is 10. The van der Waals surface area contributed by atoms with Crippen LogP contribution in [0.1, 0.15) is 63.1 Å². The standard InChI is InChI=1S/C20H30B4O9S/c21-7-12-13(8-22)15(16(18(25)26)17(24)14(12)9-23)20(28)33-11-3-1-10(2-4-11)19(27)32-5-6-34(29,30)31/h10-11H,1-9,21-24H2,(H,25,26)(H,29,30,31). The quantitative estimate of drug-likeness (QED) is 0.202. The van der Waals surface area contributed by atoms with E-state index in [0.29, 0.717) is 55.7 Å². The van der Waals surface area contributed by atoms with E-state index in [9.17, 15) is 27.9 Å². The first-order chi connectivity index (χ1) is 15.9. The van der Waals surface area contributed by atoms with Crippen molar-refractivity contribution in [3.05, 3.63) is 27.8 Å². The lowest BCUT2D eigenvalue weighted by atomic mass is 9.70. The molecule has 0 heterocycles. The van der Waals surface area contributed by atoms with Gasteiger partial charge in [-0.2, -0.15) is 8.42 Å². The average Bonchev–Trinajstić information content (AvgIpc) is 2.77. The van der Waals surface area contributed by atoms with Crippen molar-refractivity contribution < 1.29 is 41.9 Å². The van der Waals surface area contributed by atoms with Gasteiger partial charge in [-0.05, 0) is 31.2 Å². The number of hydrogen-bond acceptors (Lipinski definition) is 7. The molecule has 0 amide bonds. The predicted molar refractivity (Wildman–Crippen MR) is 137 cm³/mol. The maximum atomic E-state index is 13.2. The van der Waals surface area contributed by atoms with Gasteiger partial charge in [0.25, 0.3) is 10.1 Å². The molecule has 0 atom stereocenters. The number of hydrogen-bond donors (Lipinski definition) is 2. The Kier molecular flexibility index (Phi) is 9.87. The van der Waals surface area contributed by atoms with Crippen LogP contribution in [0.2, 0.25) is 0 Å². The minimum absolute atomic E-state index is 0.00741. The van der Waals surface area contributed by atoms with Crippen molar-refractivity contribution in [2.45, 2.75) is 50.7 Å². The molecule has 9 nitrogen and oxygen atoms in total. The zero-order chi connectivity index (χ0) is 25.6. The molecule has 0 unspecified atom stereocenters. The van der Waals surface area contributed by atoms with E-state index >= 15 is 0 Å². The summed E-state index contributed by atoms with van der Waals surface area (Å²) in [6.45, 7) is -0.419. The Balaban J connectivity index is 2.16. The van der Waals surface area contributed by atoms with Crippen LogP contribution in [-0.2, 0) is 43.3 Å². The second kappa shape index (κ2) is 12.0. The maximum absolute atomic E-state index is 13.2. The Labute approximate surface area is 203 Å². The van der Waals surface area contributed by atoms with Crippen molar-refractivity contribution in [3.63, 3.8) is 0 Å². The molecule has 0 spiro atoms. The highest BCUT2D eigenvalue weighted by molar-refractivity contribution is 7.85. The molecule has 1 fully saturated rings. The summed E-state index contributed by atoms with van der Waals surface area (Å²) >= 11 is 0. The molecule has 2 N–H and O–H groups in total. The molecule has 0 aromatic heterocycles. The largest absolute Gasteiger partial charge is 0.478 e. The monoisotopic (exact) mass is 490 g/mol. The molecule has 1 aliphatic rings. The lowest BCUT2D eigenvalue weighted by Gasteiger charge is -2.28. The third-order valence-electron chi connectivity index (χ3n) is 6.45. The average molecular weight is 490 g/mol. The van der Waals surface area contributed by atoms with Gasteiger partial charge < -0.3 is 14.6 Å². The Hall–Kier alpha value is -2.20. The molecule has 1 aliphatic carbocycles. The zero-order valence-corrected chi connectivity index (χ0v) is 21.0. The lowest BCUT2D eigenvalue weighted by Crippen LogP contribution is -2.33. The smallest absolute Gasteiger partial charge is 0.339 e. The van der Waals surface area contributed by atoms with Crippen LogP contribution in [0.25, 0.3) is 0 Å². The lowest BCUT2D eigenvalue weighted by molar-refractivity contribution is -0.149. The van der Waals surface area contributed by atoms with Gasteiger partial charge in [-0.1, -0.05) is 35.6 Å². The Morgan fingerprint density at radius 2 is 1.47 bits per heavy atom. The van der Waals surface area contributed by atoms with Crippen molar-refractivity contribution in [1.29, 1.82) is 0 Å². The van der Waals surface area contributed by atoms with Gasteiger partial charge in [0.2, 0.25) is 0 Å². The van der Waals surface area contributed by atoms with E-state index in [1.54, 1.807) is 7.85 Å². The molecule has 34 heavy (non-hydrogen) atoms.